The van der Waals surface area contributed by atoms with E-state index in [4.69, 9.17) is 0 Å². The van der Waals surface area contributed by atoms with Crippen LogP contribution in [0.4, 0.5) is 5.95 Å². The first-order valence-corrected chi connectivity index (χ1v) is 6.14. The van der Waals surface area contributed by atoms with Crippen LogP contribution in [0.2, 0.25) is 0 Å². The first kappa shape index (κ1) is 12.7. The smallest absolute Gasteiger partial charge is 0.329 e. The summed E-state index contributed by atoms with van der Waals surface area (Å²) in [5.41, 5.74) is 0.632. The Morgan fingerprint density at radius 1 is 1.28 bits per heavy atom. The molecule has 0 spiro atoms. The van der Waals surface area contributed by atoms with Gasteiger partial charge in [-0.2, -0.15) is 5.10 Å². The Morgan fingerprint density at radius 3 is 2.61 bits per heavy atom. The van der Waals surface area contributed by atoms with Gasteiger partial charge in [0.2, 0.25) is 5.95 Å². The summed E-state index contributed by atoms with van der Waals surface area (Å²) in [4.78, 5) is 17.6. The Hall–Kier alpha value is -1.72. The molecular weight excluding hydrogens is 232 g/mol. The number of aliphatic carboxylic acids is 1. The quantitative estimate of drug-likeness (QED) is 0.852. The highest BCUT2D eigenvalue weighted by Gasteiger charge is 2.42. The Morgan fingerprint density at radius 2 is 2.00 bits per heavy atom. The van der Waals surface area contributed by atoms with Gasteiger partial charge in [0.25, 0.3) is 0 Å². The third-order valence-electron chi connectivity index (χ3n) is 3.67. The van der Waals surface area contributed by atoms with Gasteiger partial charge in [-0.1, -0.05) is 0 Å². The zero-order chi connectivity index (χ0) is 13.3. The molecule has 1 aromatic rings. The lowest BCUT2D eigenvalue weighted by Crippen LogP contribution is -2.56. The van der Waals surface area contributed by atoms with Gasteiger partial charge < -0.3 is 10.0 Å². The van der Waals surface area contributed by atoms with Gasteiger partial charge >= 0.3 is 5.97 Å². The Balaban J connectivity index is 2.40. The molecule has 6 nitrogen and oxygen atoms in total. The van der Waals surface area contributed by atoms with Crippen LogP contribution in [-0.2, 0) is 4.79 Å². The minimum Gasteiger partial charge on any atom is -0.480 e. The van der Waals surface area contributed by atoms with Gasteiger partial charge in [-0.3, -0.25) is 0 Å². The van der Waals surface area contributed by atoms with Gasteiger partial charge in [-0.15, -0.1) is 5.10 Å². The predicted molar refractivity (Wildman–Crippen MR) is 66.5 cm³/mol. The molecule has 98 valence electrons. The third kappa shape index (κ3) is 2.02. The van der Waals surface area contributed by atoms with Crippen molar-refractivity contribution in [3.8, 4) is 0 Å². The number of aryl methyl sites for hydroxylation is 2. The van der Waals surface area contributed by atoms with E-state index in [9.17, 15) is 9.90 Å². The number of anilines is 1. The van der Waals surface area contributed by atoms with Crippen molar-refractivity contribution in [2.24, 2.45) is 0 Å². The zero-order valence-electron chi connectivity index (χ0n) is 11.0. The zero-order valence-corrected chi connectivity index (χ0v) is 11.0. The molecule has 1 N–H and O–H groups in total. The maximum absolute atomic E-state index is 11.5. The van der Waals surface area contributed by atoms with E-state index < -0.39 is 11.5 Å². The topological polar surface area (TPSA) is 79.2 Å². The number of aromatic nitrogens is 3. The van der Waals surface area contributed by atoms with Crippen LogP contribution in [0.15, 0.2) is 0 Å². The summed E-state index contributed by atoms with van der Waals surface area (Å²) < 4.78 is 0. The number of carboxylic acid groups (broad SMARTS) is 1. The van der Waals surface area contributed by atoms with Gasteiger partial charge in [-0.05, 0) is 40.0 Å². The second kappa shape index (κ2) is 4.51. The fourth-order valence-corrected chi connectivity index (χ4v) is 2.22. The van der Waals surface area contributed by atoms with Crippen LogP contribution in [0.25, 0.3) is 0 Å². The molecule has 1 fully saturated rings. The van der Waals surface area contributed by atoms with Gasteiger partial charge in [0.05, 0.1) is 11.4 Å². The van der Waals surface area contributed by atoms with E-state index >= 15 is 0 Å². The largest absolute Gasteiger partial charge is 0.480 e. The summed E-state index contributed by atoms with van der Waals surface area (Å²) in [6.07, 6.45) is 2.48. The van der Waals surface area contributed by atoms with Crippen LogP contribution in [0.1, 0.15) is 37.6 Å². The Kier molecular flexibility index (Phi) is 3.19. The molecule has 0 saturated carbocycles. The predicted octanol–water partition coefficient (Wildman–Crippen LogP) is 1.32. The number of hydrogen-bond acceptors (Lipinski definition) is 5. The molecule has 2 rings (SSSR count). The second-order valence-corrected chi connectivity index (χ2v) is 4.97. The third-order valence-corrected chi connectivity index (χ3v) is 3.67. The Bertz CT molecular complexity index is 477. The number of piperidine rings is 1. The molecule has 1 aromatic heterocycles. The molecule has 1 atom stereocenters. The fraction of sp³-hybridized carbons (Fsp3) is 0.667. The molecule has 2 heterocycles. The minimum atomic E-state index is -0.929. The van der Waals surface area contributed by atoms with E-state index in [2.05, 4.69) is 15.2 Å². The number of hydrogen-bond donors (Lipinski definition) is 1. The highest BCUT2D eigenvalue weighted by molar-refractivity contribution is 5.82. The summed E-state index contributed by atoms with van der Waals surface area (Å²) in [5.74, 6) is -0.410. The molecule has 1 saturated heterocycles. The lowest BCUT2D eigenvalue weighted by molar-refractivity contribution is -0.143. The monoisotopic (exact) mass is 250 g/mol. The number of carbonyl (C=O) groups is 1. The van der Waals surface area contributed by atoms with E-state index in [1.807, 2.05) is 13.8 Å². The lowest BCUT2D eigenvalue weighted by Gasteiger charge is -2.41. The highest BCUT2D eigenvalue weighted by Crippen LogP contribution is 2.31. The summed E-state index contributed by atoms with van der Waals surface area (Å²) >= 11 is 0. The van der Waals surface area contributed by atoms with Crippen LogP contribution in [-0.4, -0.2) is 38.3 Å². The second-order valence-electron chi connectivity index (χ2n) is 4.97. The van der Waals surface area contributed by atoms with E-state index in [0.717, 1.165) is 24.2 Å². The average molecular weight is 250 g/mol. The normalized spacial score (nSPS) is 24.1. The lowest BCUT2D eigenvalue weighted by atomic mass is 9.89. The number of nitrogens with zero attached hydrogens (tertiary/aromatic N) is 4. The molecular formula is C12H18N4O2. The van der Waals surface area contributed by atoms with E-state index in [1.165, 1.54) is 0 Å². The number of carboxylic acids is 1. The van der Waals surface area contributed by atoms with Crippen LogP contribution < -0.4 is 4.90 Å². The molecule has 6 heteroatoms. The summed E-state index contributed by atoms with van der Waals surface area (Å²) in [7, 11) is 0. The van der Waals surface area contributed by atoms with Crippen molar-refractivity contribution in [2.45, 2.75) is 45.6 Å². The van der Waals surface area contributed by atoms with Crippen molar-refractivity contribution < 1.29 is 9.90 Å². The minimum absolute atomic E-state index is 0.419. The molecule has 1 unspecified atom stereocenters. The van der Waals surface area contributed by atoms with E-state index in [0.29, 0.717) is 18.9 Å². The molecule has 0 radical (unpaired) electrons. The van der Waals surface area contributed by atoms with E-state index in [1.54, 1.807) is 11.8 Å². The van der Waals surface area contributed by atoms with Crippen molar-refractivity contribution in [3.05, 3.63) is 11.4 Å². The van der Waals surface area contributed by atoms with Crippen LogP contribution in [0.5, 0.6) is 0 Å². The summed E-state index contributed by atoms with van der Waals surface area (Å²) in [5, 5.41) is 17.5. The van der Waals surface area contributed by atoms with Crippen molar-refractivity contribution in [3.63, 3.8) is 0 Å². The highest BCUT2D eigenvalue weighted by atomic mass is 16.4. The molecule has 18 heavy (non-hydrogen) atoms. The Labute approximate surface area is 106 Å². The maximum atomic E-state index is 11.5. The SMILES string of the molecule is Cc1nnc(N2CCCCC2(C)C(=O)O)nc1C. The maximum Gasteiger partial charge on any atom is 0.329 e. The first-order valence-electron chi connectivity index (χ1n) is 6.14. The standard InChI is InChI=1S/C12H18N4O2/c1-8-9(2)14-15-11(13-8)16-7-5-4-6-12(16,3)10(17)18/h4-7H2,1-3H3,(H,17,18). The van der Waals surface area contributed by atoms with Crippen LogP contribution >= 0.6 is 0 Å². The summed E-state index contributed by atoms with van der Waals surface area (Å²) in [6.45, 7) is 6.08. The number of rotatable bonds is 2. The first-order chi connectivity index (χ1) is 8.45. The van der Waals surface area contributed by atoms with E-state index in [-0.39, 0.29) is 0 Å². The van der Waals surface area contributed by atoms with Crippen molar-refractivity contribution in [1.82, 2.24) is 15.2 Å². The van der Waals surface area contributed by atoms with Crippen molar-refractivity contribution in [1.29, 1.82) is 0 Å². The molecule has 0 amide bonds. The van der Waals surface area contributed by atoms with Gasteiger partial charge in [0.1, 0.15) is 5.54 Å². The van der Waals surface area contributed by atoms with Gasteiger partial charge in [-0.25, -0.2) is 9.78 Å². The molecule has 1 aliphatic heterocycles. The van der Waals surface area contributed by atoms with Crippen molar-refractivity contribution in [2.75, 3.05) is 11.4 Å². The van der Waals surface area contributed by atoms with Crippen LogP contribution in [0.3, 0.4) is 0 Å². The van der Waals surface area contributed by atoms with Gasteiger partial charge in [0.15, 0.2) is 0 Å². The molecule has 0 bridgehead atoms. The molecule has 0 aromatic carbocycles. The molecule has 1 aliphatic rings. The van der Waals surface area contributed by atoms with Crippen molar-refractivity contribution >= 4 is 11.9 Å². The van der Waals surface area contributed by atoms with Gasteiger partial charge in [0, 0.05) is 6.54 Å². The fourth-order valence-electron chi connectivity index (χ4n) is 2.22. The van der Waals surface area contributed by atoms with Crippen LogP contribution in [0, 0.1) is 13.8 Å². The molecule has 0 aliphatic carbocycles. The summed E-state index contributed by atoms with van der Waals surface area (Å²) in [6, 6.07) is 0. The average Bonchev–Trinajstić information content (AvgIpc) is 2.33.